The van der Waals surface area contributed by atoms with Crippen LogP contribution < -0.4 is 29.6 Å². The predicted octanol–water partition coefficient (Wildman–Crippen LogP) is 3.84. The molecule has 3 N–H and O–H groups in total. The van der Waals surface area contributed by atoms with Crippen LogP contribution in [-0.2, 0) is 0 Å². The summed E-state index contributed by atoms with van der Waals surface area (Å²) in [4.78, 5) is 4.51. The number of nitrogens with zero attached hydrogens (tertiary/aromatic N) is 1. The Labute approximate surface area is 201 Å². The quantitative estimate of drug-likeness (QED) is 0.237. The Morgan fingerprint density at radius 1 is 0.968 bits per heavy atom. The molecule has 8 nitrogen and oxygen atoms in total. The number of halogens is 1. The molecule has 2 rings (SSSR count). The van der Waals surface area contributed by atoms with Gasteiger partial charge in [0.1, 0.15) is 11.5 Å². The number of nitrogens with one attached hydrogen (secondary N) is 2. The Hall–Kier alpha value is -2.40. The first-order chi connectivity index (χ1) is 14.5. The fraction of sp³-hybridized carbons (Fsp3) is 0.409. The average Bonchev–Trinajstić information content (AvgIpc) is 2.77. The van der Waals surface area contributed by atoms with Crippen molar-refractivity contribution in [3.8, 4) is 23.0 Å². The maximum atomic E-state index is 10.6. The molecule has 2 aromatic carbocycles. The van der Waals surface area contributed by atoms with E-state index in [-0.39, 0.29) is 30.5 Å². The number of hydrogen-bond donors (Lipinski definition) is 3. The highest BCUT2D eigenvalue weighted by Gasteiger charge is 2.12. The van der Waals surface area contributed by atoms with Gasteiger partial charge in [0.05, 0.1) is 40.6 Å². The van der Waals surface area contributed by atoms with Crippen LogP contribution in [0, 0.1) is 0 Å². The van der Waals surface area contributed by atoms with Crippen molar-refractivity contribution in [3.63, 3.8) is 0 Å². The number of ether oxygens (including phenoxy) is 4. The van der Waals surface area contributed by atoms with Gasteiger partial charge < -0.3 is 34.7 Å². The van der Waals surface area contributed by atoms with E-state index in [0.717, 1.165) is 5.69 Å². The lowest BCUT2D eigenvalue weighted by Gasteiger charge is -2.16. The molecule has 0 fully saturated rings. The van der Waals surface area contributed by atoms with Gasteiger partial charge in [-0.05, 0) is 43.7 Å². The van der Waals surface area contributed by atoms with Crippen molar-refractivity contribution in [2.45, 2.75) is 20.0 Å². The number of hydrogen-bond acceptors (Lipinski definition) is 6. The monoisotopic (exact) mass is 545 g/mol. The van der Waals surface area contributed by atoms with Crippen molar-refractivity contribution in [2.75, 3.05) is 46.3 Å². The number of methoxy groups -OCH3 is 3. The summed E-state index contributed by atoms with van der Waals surface area (Å²) in [6.45, 7) is 5.24. The zero-order chi connectivity index (χ0) is 21.9. The van der Waals surface area contributed by atoms with E-state index in [2.05, 4.69) is 15.6 Å². The smallest absolute Gasteiger partial charge is 0.195 e. The van der Waals surface area contributed by atoms with Crippen molar-refractivity contribution in [2.24, 2.45) is 4.99 Å². The molecule has 0 spiro atoms. The highest BCUT2D eigenvalue weighted by atomic mass is 127. The van der Waals surface area contributed by atoms with Gasteiger partial charge in [0.25, 0.3) is 0 Å². The number of anilines is 1. The van der Waals surface area contributed by atoms with Crippen molar-refractivity contribution in [1.82, 2.24) is 5.32 Å². The third kappa shape index (κ3) is 7.98. The summed E-state index contributed by atoms with van der Waals surface area (Å²) < 4.78 is 21.5. The zero-order valence-corrected chi connectivity index (χ0v) is 20.9. The molecule has 1 atom stereocenters. The molecule has 0 radical (unpaired) electrons. The van der Waals surface area contributed by atoms with Gasteiger partial charge >= 0.3 is 0 Å². The summed E-state index contributed by atoms with van der Waals surface area (Å²) in [6, 6.07) is 10.8. The third-order valence-corrected chi connectivity index (χ3v) is 4.25. The molecule has 0 aliphatic rings. The first-order valence-corrected chi connectivity index (χ1v) is 9.81. The highest BCUT2D eigenvalue weighted by molar-refractivity contribution is 14.0. The number of rotatable bonds is 10. The molecule has 0 saturated heterocycles. The van der Waals surface area contributed by atoms with E-state index in [1.54, 1.807) is 39.5 Å². The lowest BCUT2D eigenvalue weighted by Crippen LogP contribution is -2.31. The van der Waals surface area contributed by atoms with Crippen molar-refractivity contribution in [1.29, 1.82) is 0 Å². The Bertz CT molecular complexity index is 826. The number of aliphatic hydroxyl groups is 1. The van der Waals surface area contributed by atoms with E-state index in [9.17, 15) is 5.11 Å². The maximum absolute atomic E-state index is 10.6. The van der Waals surface area contributed by atoms with Crippen LogP contribution >= 0.6 is 24.0 Å². The summed E-state index contributed by atoms with van der Waals surface area (Å²) >= 11 is 0. The van der Waals surface area contributed by atoms with Gasteiger partial charge in [-0.2, -0.15) is 0 Å². The number of guanidine groups is 1. The number of aliphatic imine (C=N–C) groups is 1. The van der Waals surface area contributed by atoms with Crippen LogP contribution in [0.4, 0.5) is 5.69 Å². The molecule has 0 bridgehead atoms. The van der Waals surface area contributed by atoms with E-state index in [1.807, 2.05) is 32.0 Å². The summed E-state index contributed by atoms with van der Waals surface area (Å²) in [5.74, 6) is 3.06. The van der Waals surface area contributed by atoms with Crippen LogP contribution in [-0.4, -0.2) is 52.1 Å². The fourth-order valence-corrected chi connectivity index (χ4v) is 2.77. The fourth-order valence-electron chi connectivity index (χ4n) is 2.77. The third-order valence-electron chi connectivity index (χ3n) is 4.25. The largest absolute Gasteiger partial charge is 0.497 e. The van der Waals surface area contributed by atoms with E-state index in [1.165, 1.54) is 0 Å². The zero-order valence-electron chi connectivity index (χ0n) is 18.6. The minimum atomic E-state index is -0.820. The molecule has 0 amide bonds. The van der Waals surface area contributed by atoms with Crippen LogP contribution in [0.3, 0.4) is 0 Å². The minimum Gasteiger partial charge on any atom is -0.497 e. The lowest BCUT2D eigenvalue weighted by atomic mass is 10.1. The molecular weight excluding hydrogens is 513 g/mol. The maximum Gasteiger partial charge on any atom is 0.195 e. The summed E-state index contributed by atoms with van der Waals surface area (Å²) in [5, 5.41) is 17.0. The second-order valence-corrected chi connectivity index (χ2v) is 6.31. The van der Waals surface area contributed by atoms with Crippen molar-refractivity contribution in [3.05, 3.63) is 42.0 Å². The first-order valence-electron chi connectivity index (χ1n) is 9.81. The summed E-state index contributed by atoms with van der Waals surface area (Å²) in [6.07, 6.45) is -0.820. The first kappa shape index (κ1) is 26.6. The molecule has 31 heavy (non-hydrogen) atoms. The van der Waals surface area contributed by atoms with E-state index >= 15 is 0 Å². The number of benzene rings is 2. The summed E-state index contributed by atoms with van der Waals surface area (Å²) in [5.41, 5.74) is 1.45. The molecular formula is C22H32IN3O5. The Morgan fingerprint density at radius 3 is 2.19 bits per heavy atom. The molecule has 1 unspecified atom stereocenters. The SMILES string of the molecule is CCNC(=NCC(O)c1cc(OC)cc(OC)c1)Nc1ccc(OC)c(OCC)c1.I. The minimum absolute atomic E-state index is 0. The topological polar surface area (TPSA) is 93.6 Å². The van der Waals surface area contributed by atoms with Crippen LogP contribution in [0.1, 0.15) is 25.5 Å². The van der Waals surface area contributed by atoms with Crippen LogP contribution in [0.5, 0.6) is 23.0 Å². The lowest BCUT2D eigenvalue weighted by molar-refractivity contribution is 0.186. The standard InChI is InChI=1S/C22H31N3O5.HI/c1-6-23-22(25-16-8-9-20(29-5)21(12-16)30-7-2)24-14-19(26)15-10-17(27-3)13-18(11-15)28-4;/h8-13,19,26H,6-7,14H2,1-5H3,(H2,23,24,25);1H. The van der Waals surface area contributed by atoms with Gasteiger partial charge in [0.2, 0.25) is 0 Å². The van der Waals surface area contributed by atoms with E-state index in [4.69, 9.17) is 18.9 Å². The molecule has 9 heteroatoms. The van der Waals surface area contributed by atoms with Gasteiger partial charge in [0.15, 0.2) is 17.5 Å². The molecule has 172 valence electrons. The Kier molecular flexibility index (Phi) is 11.9. The highest BCUT2D eigenvalue weighted by Crippen LogP contribution is 2.30. The van der Waals surface area contributed by atoms with Crippen LogP contribution in [0.15, 0.2) is 41.4 Å². The van der Waals surface area contributed by atoms with E-state index in [0.29, 0.717) is 47.7 Å². The molecule has 0 aliphatic heterocycles. The molecule has 0 heterocycles. The van der Waals surface area contributed by atoms with Gasteiger partial charge in [-0.15, -0.1) is 24.0 Å². The van der Waals surface area contributed by atoms with Crippen LogP contribution in [0.25, 0.3) is 0 Å². The van der Waals surface area contributed by atoms with Gasteiger partial charge in [-0.25, -0.2) is 4.99 Å². The average molecular weight is 545 g/mol. The van der Waals surface area contributed by atoms with Gasteiger partial charge in [-0.1, -0.05) is 0 Å². The normalized spacial score (nSPS) is 11.7. The van der Waals surface area contributed by atoms with Crippen molar-refractivity contribution >= 4 is 35.6 Å². The molecule has 0 aliphatic carbocycles. The van der Waals surface area contributed by atoms with Gasteiger partial charge in [-0.3, -0.25) is 0 Å². The molecule has 2 aromatic rings. The molecule has 0 saturated carbocycles. The predicted molar refractivity (Wildman–Crippen MR) is 134 cm³/mol. The Morgan fingerprint density at radius 2 is 1.65 bits per heavy atom. The number of aliphatic hydroxyl groups excluding tert-OH is 1. The van der Waals surface area contributed by atoms with E-state index < -0.39 is 6.10 Å². The Balaban J connectivity index is 0.00000480. The second kappa shape index (κ2) is 13.8. The van der Waals surface area contributed by atoms with Crippen molar-refractivity contribution < 1.29 is 24.1 Å². The van der Waals surface area contributed by atoms with Crippen LogP contribution in [0.2, 0.25) is 0 Å². The molecule has 0 aromatic heterocycles. The van der Waals surface area contributed by atoms with Gasteiger partial charge in [0, 0.05) is 24.4 Å². The summed E-state index contributed by atoms with van der Waals surface area (Å²) in [7, 11) is 4.74. The second-order valence-electron chi connectivity index (χ2n) is 6.31.